The van der Waals surface area contributed by atoms with Crippen LogP contribution in [0.1, 0.15) is 0 Å². The average molecular weight is 466 g/mol. The summed E-state index contributed by atoms with van der Waals surface area (Å²) in [6, 6.07) is 0. The van der Waals surface area contributed by atoms with Gasteiger partial charge in [0.2, 0.25) is 0 Å². The molecule has 0 aromatic rings. The zero-order valence-corrected chi connectivity index (χ0v) is 11.7. The largest absolute Gasteiger partial charge is 0.523 e. The van der Waals surface area contributed by atoms with Crippen molar-refractivity contribution in [1.82, 2.24) is 0 Å². The van der Waals surface area contributed by atoms with Crippen molar-refractivity contribution in [3.63, 3.8) is 0 Å². The van der Waals surface area contributed by atoms with Crippen LogP contribution in [0.5, 0.6) is 0 Å². The molecule has 0 aliphatic heterocycles. The van der Waals surface area contributed by atoms with E-state index >= 15 is 0 Å². The van der Waals surface area contributed by atoms with E-state index in [0.717, 1.165) is 4.74 Å². The maximum absolute atomic E-state index is 14.2. The monoisotopic (exact) mass is 466 g/mol. The Labute approximate surface area is 139 Å². The number of ether oxygens (including phenoxy) is 1. The van der Waals surface area contributed by atoms with E-state index in [0.29, 0.717) is 0 Å². The fourth-order valence-electron chi connectivity index (χ4n) is 2.38. The highest BCUT2D eigenvalue weighted by molar-refractivity contribution is 5.35. The van der Waals surface area contributed by atoms with Gasteiger partial charge in [0.1, 0.15) is 0 Å². The Morgan fingerprint density at radius 2 is 0.679 bits per heavy atom. The molecule has 0 atom stereocenters. The first kappa shape index (κ1) is 24.7. The molecule has 1 rings (SSSR count). The van der Waals surface area contributed by atoms with Gasteiger partial charge < -0.3 is 0 Å². The van der Waals surface area contributed by atoms with Crippen LogP contribution in [0.2, 0.25) is 0 Å². The van der Waals surface area contributed by atoms with Crippen molar-refractivity contribution in [3.8, 4) is 0 Å². The highest BCUT2D eigenvalue weighted by Gasteiger charge is 3.09. The molecule has 168 valence electrons. The third-order valence-corrected chi connectivity index (χ3v) is 3.60. The van der Waals surface area contributed by atoms with Gasteiger partial charge in [0.15, 0.2) is 0 Å². The van der Waals surface area contributed by atoms with Gasteiger partial charge in [-0.25, -0.2) is 4.39 Å². The fraction of sp³-hybridized carbons (Fsp3) is 1.00. The van der Waals surface area contributed by atoms with E-state index < -0.39 is 53.7 Å². The fourth-order valence-corrected chi connectivity index (χ4v) is 2.38. The zero-order valence-electron chi connectivity index (χ0n) is 11.7. The summed E-state index contributed by atoms with van der Waals surface area (Å²) >= 11 is 0. The van der Waals surface area contributed by atoms with Gasteiger partial charge >= 0.3 is 48.0 Å². The minimum absolute atomic E-state index is 1.15. The van der Waals surface area contributed by atoms with Crippen molar-refractivity contribution in [2.45, 2.75) is 53.7 Å². The first-order valence-electron chi connectivity index (χ1n) is 5.81. The first-order valence-corrected chi connectivity index (χ1v) is 5.81. The van der Waals surface area contributed by atoms with Crippen molar-refractivity contribution in [2.24, 2.45) is 0 Å². The van der Waals surface area contributed by atoms with Gasteiger partial charge in [0.25, 0.3) is 5.67 Å². The lowest BCUT2D eigenvalue weighted by Gasteiger charge is -2.47. The summed E-state index contributed by atoms with van der Waals surface area (Å²) < 4.78 is 233. The third kappa shape index (κ3) is 2.36. The lowest BCUT2D eigenvalue weighted by Crippen LogP contribution is -2.80. The summed E-state index contributed by atoms with van der Waals surface area (Å²) in [6.45, 7) is 0. The third-order valence-electron chi connectivity index (χ3n) is 3.60. The molecular formula is C9F18O. The van der Waals surface area contributed by atoms with Crippen LogP contribution in [0, 0.1) is 0 Å². The van der Waals surface area contributed by atoms with Crippen LogP contribution in [-0.2, 0) is 4.74 Å². The normalized spacial score (nSPS) is 26.4. The Morgan fingerprint density at radius 3 is 0.857 bits per heavy atom. The van der Waals surface area contributed by atoms with Gasteiger partial charge in [-0.3, -0.25) is 4.74 Å². The second-order valence-electron chi connectivity index (χ2n) is 5.18. The van der Waals surface area contributed by atoms with Crippen LogP contribution in [0.3, 0.4) is 0 Å². The Kier molecular flexibility index (Phi) is 4.80. The predicted octanol–water partition coefficient (Wildman–Crippen LogP) is 5.65. The van der Waals surface area contributed by atoms with Crippen LogP contribution in [0.15, 0.2) is 0 Å². The summed E-state index contributed by atoms with van der Waals surface area (Å²) in [5.74, 6) is -32.8. The van der Waals surface area contributed by atoms with Crippen LogP contribution in [0.25, 0.3) is 0 Å². The number of rotatable bonds is 2. The highest BCUT2D eigenvalue weighted by atomic mass is 19.4. The van der Waals surface area contributed by atoms with Crippen molar-refractivity contribution in [1.29, 1.82) is 0 Å². The van der Waals surface area contributed by atoms with E-state index in [1.807, 2.05) is 0 Å². The molecule has 0 heterocycles. The molecular weight excluding hydrogens is 466 g/mol. The van der Waals surface area contributed by atoms with Crippen molar-refractivity contribution >= 4 is 0 Å². The SMILES string of the molecule is FC(F)(F)OC(C(F)(F)F)(C(F)(F)F)C1(F)C(F)(F)C(F)(F)C(F)(F)C1(F)F. The zero-order chi connectivity index (χ0) is 23.2. The van der Waals surface area contributed by atoms with Crippen LogP contribution >= 0.6 is 0 Å². The highest BCUT2D eigenvalue weighted by Crippen LogP contribution is 2.76. The molecule has 0 radical (unpaired) electrons. The van der Waals surface area contributed by atoms with Gasteiger partial charge in [-0.05, 0) is 0 Å². The summed E-state index contributed by atoms with van der Waals surface area (Å²) in [5.41, 5.74) is -17.3. The molecule has 1 nitrogen and oxygen atoms in total. The minimum Gasteiger partial charge on any atom is -0.262 e. The molecule has 1 aliphatic carbocycles. The van der Waals surface area contributed by atoms with E-state index in [9.17, 15) is 79.0 Å². The average Bonchev–Trinajstić information content (AvgIpc) is 2.42. The molecule has 1 aliphatic rings. The topological polar surface area (TPSA) is 9.23 Å². The number of hydrogen-bond donors (Lipinski definition) is 0. The smallest absolute Gasteiger partial charge is 0.262 e. The lowest BCUT2D eigenvalue weighted by molar-refractivity contribution is -0.515. The van der Waals surface area contributed by atoms with Gasteiger partial charge in [-0.1, -0.05) is 0 Å². The Hall–Kier alpha value is -1.30. The summed E-state index contributed by atoms with van der Waals surface area (Å²) in [7, 11) is 0. The van der Waals surface area contributed by atoms with Gasteiger partial charge in [-0.2, -0.15) is 61.5 Å². The Balaban J connectivity index is 4.29. The lowest BCUT2D eigenvalue weighted by atomic mass is 9.76. The Bertz CT molecular complexity index is 578. The van der Waals surface area contributed by atoms with E-state index in [1.165, 1.54) is 0 Å². The maximum Gasteiger partial charge on any atom is 0.523 e. The van der Waals surface area contributed by atoms with Gasteiger partial charge in [0.05, 0.1) is 0 Å². The molecule has 1 fully saturated rings. The molecule has 19 heteroatoms. The van der Waals surface area contributed by atoms with Crippen LogP contribution in [0.4, 0.5) is 79.0 Å². The minimum atomic E-state index is -8.72. The van der Waals surface area contributed by atoms with Crippen molar-refractivity contribution in [2.75, 3.05) is 0 Å². The molecule has 0 amide bonds. The first-order chi connectivity index (χ1) is 11.7. The van der Waals surface area contributed by atoms with E-state index in [1.54, 1.807) is 0 Å². The second-order valence-corrected chi connectivity index (χ2v) is 5.18. The van der Waals surface area contributed by atoms with Crippen LogP contribution in [-0.4, -0.2) is 53.7 Å². The van der Waals surface area contributed by atoms with Crippen molar-refractivity contribution in [3.05, 3.63) is 0 Å². The van der Waals surface area contributed by atoms with Crippen molar-refractivity contribution < 1.29 is 83.8 Å². The quantitative estimate of drug-likeness (QED) is 0.479. The standard InChI is InChI=1S/C9F18O/c10-1(3(11,12)5(15,16)6(17,18)4(1,13)14)2(7(19,20)21,8(22,23)24)28-9(25,26)27. The second kappa shape index (κ2) is 5.44. The summed E-state index contributed by atoms with van der Waals surface area (Å²) in [6.07, 6.45) is -24.3. The molecule has 0 aromatic carbocycles. The van der Waals surface area contributed by atoms with Gasteiger partial charge in [-0.15, -0.1) is 13.2 Å². The molecule has 28 heavy (non-hydrogen) atoms. The summed E-state index contributed by atoms with van der Waals surface area (Å²) in [4.78, 5) is 0. The van der Waals surface area contributed by atoms with E-state index in [2.05, 4.69) is 0 Å². The maximum atomic E-state index is 14.2. The molecule has 0 saturated heterocycles. The molecule has 0 aromatic heterocycles. The Morgan fingerprint density at radius 1 is 0.429 bits per heavy atom. The summed E-state index contributed by atoms with van der Waals surface area (Å²) in [5, 5.41) is 0. The number of halogens is 18. The van der Waals surface area contributed by atoms with Crippen LogP contribution < -0.4 is 0 Å². The molecule has 1 saturated carbocycles. The van der Waals surface area contributed by atoms with Gasteiger partial charge in [0, 0.05) is 0 Å². The molecule has 0 bridgehead atoms. The number of hydrogen-bond acceptors (Lipinski definition) is 1. The van der Waals surface area contributed by atoms with E-state index in [-0.39, 0.29) is 0 Å². The molecule has 0 unspecified atom stereocenters. The molecule has 0 spiro atoms. The van der Waals surface area contributed by atoms with E-state index in [4.69, 9.17) is 0 Å². The predicted molar refractivity (Wildman–Crippen MR) is 45.6 cm³/mol. The molecule has 0 N–H and O–H groups in total. The number of alkyl halides is 18.